The van der Waals surface area contributed by atoms with E-state index in [4.69, 9.17) is 4.74 Å². The number of fused-ring (bicyclic) bond motifs is 1. The number of nitrogens with one attached hydrogen (secondary N) is 2. The Morgan fingerprint density at radius 3 is 2.93 bits per heavy atom. The number of carbonyl (C=O) groups is 1. The van der Waals surface area contributed by atoms with Crippen LogP contribution in [0.1, 0.15) is 24.3 Å². The normalized spacial score (nSPS) is 22.9. The number of aromatic nitrogens is 3. The van der Waals surface area contributed by atoms with E-state index < -0.39 is 24.4 Å². The number of ether oxygens (including phenoxy) is 1. The van der Waals surface area contributed by atoms with Crippen LogP contribution in [0.25, 0.3) is 11.0 Å². The summed E-state index contributed by atoms with van der Waals surface area (Å²) in [6, 6.07) is -1.23. The van der Waals surface area contributed by atoms with Crippen molar-refractivity contribution in [3.8, 4) is 0 Å². The molecule has 2 aliphatic heterocycles. The molecule has 2 aromatic heterocycles. The zero-order valence-corrected chi connectivity index (χ0v) is 14.8. The van der Waals surface area contributed by atoms with E-state index in [2.05, 4.69) is 26.8 Å². The van der Waals surface area contributed by atoms with E-state index in [0.29, 0.717) is 24.7 Å². The first-order valence-corrected chi connectivity index (χ1v) is 8.95. The van der Waals surface area contributed by atoms with Gasteiger partial charge in [0, 0.05) is 26.0 Å². The van der Waals surface area contributed by atoms with Gasteiger partial charge in [-0.05, 0) is 30.4 Å². The standard InChI is InChI=1S/C18H21F2N5O2/c1-2-14(26)25-8-13(18(19,20)9-25)24-17-15-12(11-3-5-27-6-4-11)7-21-16(15)22-10-23-17/h2,7,10-11,13H,1,3-6,8-9H2,(H2,21,22,23,24)/t13-/m1/s1. The van der Waals surface area contributed by atoms with E-state index in [0.717, 1.165) is 34.8 Å². The lowest BCUT2D eigenvalue weighted by atomic mass is 9.92. The molecule has 2 aliphatic rings. The SMILES string of the molecule is C=CC(=O)N1C[C@@H](Nc2ncnc3[nH]cc(C4CCOCC4)c23)C(F)(F)C1. The Hall–Kier alpha value is -2.55. The molecule has 144 valence electrons. The smallest absolute Gasteiger partial charge is 0.286 e. The molecular weight excluding hydrogens is 356 g/mol. The van der Waals surface area contributed by atoms with Crippen LogP contribution in [0.2, 0.25) is 0 Å². The number of anilines is 1. The van der Waals surface area contributed by atoms with E-state index in [-0.39, 0.29) is 12.5 Å². The van der Waals surface area contributed by atoms with Crippen molar-refractivity contribution >= 4 is 22.8 Å². The zero-order chi connectivity index (χ0) is 19.0. The maximum atomic E-state index is 14.5. The maximum Gasteiger partial charge on any atom is 0.286 e. The molecule has 7 nitrogen and oxygen atoms in total. The highest BCUT2D eigenvalue weighted by molar-refractivity contribution is 5.91. The zero-order valence-electron chi connectivity index (χ0n) is 14.8. The molecule has 2 N–H and O–H groups in total. The van der Waals surface area contributed by atoms with Crippen molar-refractivity contribution in [2.24, 2.45) is 0 Å². The van der Waals surface area contributed by atoms with Gasteiger partial charge in [-0.1, -0.05) is 6.58 Å². The number of amides is 1. The van der Waals surface area contributed by atoms with Crippen LogP contribution >= 0.6 is 0 Å². The molecule has 0 aliphatic carbocycles. The number of hydrogen-bond donors (Lipinski definition) is 2. The predicted molar refractivity (Wildman–Crippen MR) is 95.8 cm³/mol. The third kappa shape index (κ3) is 3.27. The number of likely N-dealkylation sites (tertiary alicyclic amines) is 1. The molecule has 1 atom stereocenters. The van der Waals surface area contributed by atoms with Crippen molar-refractivity contribution < 1.29 is 18.3 Å². The van der Waals surface area contributed by atoms with Crippen LogP contribution in [-0.4, -0.2) is 64.0 Å². The Labute approximate surface area is 154 Å². The third-order valence-electron chi connectivity index (χ3n) is 5.27. The molecule has 1 amide bonds. The summed E-state index contributed by atoms with van der Waals surface area (Å²) in [5, 5.41) is 3.60. The van der Waals surface area contributed by atoms with Crippen LogP contribution in [0.4, 0.5) is 14.6 Å². The maximum absolute atomic E-state index is 14.5. The molecule has 9 heteroatoms. The molecule has 0 saturated carbocycles. The van der Waals surface area contributed by atoms with E-state index in [1.54, 1.807) is 0 Å². The van der Waals surface area contributed by atoms with E-state index in [1.807, 2.05) is 6.20 Å². The summed E-state index contributed by atoms with van der Waals surface area (Å²) in [5.74, 6) is -2.94. The molecule has 4 heterocycles. The molecule has 2 fully saturated rings. The summed E-state index contributed by atoms with van der Waals surface area (Å²) in [5.41, 5.74) is 1.62. The fourth-order valence-electron chi connectivity index (χ4n) is 3.82. The minimum atomic E-state index is -3.06. The molecule has 2 aromatic rings. The van der Waals surface area contributed by atoms with Gasteiger partial charge in [-0.2, -0.15) is 0 Å². The average Bonchev–Trinajstić information content (AvgIpc) is 3.23. The molecule has 27 heavy (non-hydrogen) atoms. The number of halogens is 2. The number of nitrogens with zero attached hydrogens (tertiary/aromatic N) is 3. The number of rotatable bonds is 4. The molecule has 0 unspecified atom stereocenters. The minimum Gasteiger partial charge on any atom is -0.381 e. The summed E-state index contributed by atoms with van der Waals surface area (Å²) in [6.07, 6.45) is 6.00. The highest BCUT2D eigenvalue weighted by Crippen LogP contribution is 2.36. The van der Waals surface area contributed by atoms with Gasteiger partial charge in [0.25, 0.3) is 5.92 Å². The number of H-pyrrole nitrogens is 1. The molecule has 0 radical (unpaired) electrons. The Bertz CT molecular complexity index is 863. The molecule has 2 saturated heterocycles. The second-order valence-electron chi connectivity index (χ2n) is 6.96. The van der Waals surface area contributed by atoms with Crippen LogP contribution in [0.15, 0.2) is 25.2 Å². The van der Waals surface area contributed by atoms with Crippen LogP contribution in [0, 0.1) is 0 Å². The van der Waals surface area contributed by atoms with Gasteiger partial charge < -0.3 is 19.9 Å². The lowest BCUT2D eigenvalue weighted by Crippen LogP contribution is -2.38. The van der Waals surface area contributed by atoms with Crippen molar-refractivity contribution in [2.45, 2.75) is 30.7 Å². The van der Waals surface area contributed by atoms with Gasteiger partial charge in [0.2, 0.25) is 5.91 Å². The summed E-state index contributed by atoms with van der Waals surface area (Å²) in [7, 11) is 0. The van der Waals surface area contributed by atoms with Crippen LogP contribution < -0.4 is 5.32 Å². The van der Waals surface area contributed by atoms with Crippen LogP contribution in [-0.2, 0) is 9.53 Å². The van der Waals surface area contributed by atoms with E-state index in [9.17, 15) is 13.6 Å². The van der Waals surface area contributed by atoms with Crippen LogP contribution in [0.5, 0.6) is 0 Å². The first-order valence-electron chi connectivity index (χ1n) is 8.95. The van der Waals surface area contributed by atoms with Crippen molar-refractivity contribution in [1.82, 2.24) is 19.9 Å². The van der Waals surface area contributed by atoms with Crippen molar-refractivity contribution in [3.63, 3.8) is 0 Å². The summed E-state index contributed by atoms with van der Waals surface area (Å²) in [4.78, 5) is 24.4. The molecule has 0 spiro atoms. The summed E-state index contributed by atoms with van der Waals surface area (Å²) >= 11 is 0. The van der Waals surface area contributed by atoms with E-state index in [1.165, 1.54) is 6.33 Å². The topological polar surface area (TPSA) is 83.1 Å². The largest absolute Gasteiger partial charge is 0.381 e. The summed E-state index contributed by atoms with van der Waals surface area (Å²) in [6.45, 7) is 3.97. The first-order chi connectivity index (χ1) is 13.0. The molecular formula is C18H21F2N5O2. The Morgan fingerprint density at radius 2 is 2.19 bits per heavy atom. The van der Waals surface area contributed by atoms with E-state index >= 15 is 0 Å². The van der Waals surface area contributed by atoms with Crippen molar-refractivity contribution in [2.75, 3.05) is 31.6 Å². The highest BCUT2D eigenvalue weighted by atomic mass is 19.3. The highest BCUT2D eigenvalue weighted by Gasteiger charge is 2.49. The second kappa shape index (κ2) is 6.88. The third-order valence-corrected chi connectivity index (χ3v) is 5.27. The summed E-state index contributed by atoms with van der Waals surface area (Å²) < 4.78 is 34.3. The molecule has 0 aromatic carbocycles. The Morgan fingerprint density at radius 1 is 1.41 bits per heavy atom. The van der Waals surface area contributed by atoms with Crippen LogP contribution in [0.3, 0.4) is 0 Å². The second-order valence-corrected chi connectivity index (χ2v) is 6.96. The minimum absolute atomic E-state index is 0.111. The fourth-order valence-corrected chi connectivity index (χ4v) is 3.82. The Kier molecular flexibility index (Phi) is 4.55. The lowest BCUT2D eigenvalue weighted by molar-refractivity contribution is -0.126. The first kappa shape index (κ1) is 17.8. The monoisotopic (exact) mass is 377 g/mol. The van der Waals surface area contributed by atoms with Gasteiger partial charge in [-0.25, -0.2) is 18.7 Å². The lowest BCUT2D eigenvalue weighted by Gasteiger charge is -2.23. The number of alkyl halides is 2. The Balaban J connectivity index is 1.65. The van der Waals surface area contributed by atoms with Gasteiger partial charge in [0.05, 0.1) is 11.9 Å². The van der Waals surface area contributed by atoms with Gasteiger partial charge in [0.1, 0.15) is 23.8 Å². The number of hydrogen-bond acceptors (Lipinski definition) is 5. The van der Waals surface area contributed by atoms with Gasteiger partial charge in [-0.15, -0.1) is 0 Å². The predicted octanol–water partition coefficient (Wildman–Crippen LogP) is 2.30. The average molecular weight is 377 g/mol. The van der Waals surface area contributed by atoms with Crippen molar-refractivity contribution in [1.29, 1.82) is 0 Å². The number of carbonyl (C=O) groups excluding carboxylic acids is 1. The fraction of sp³-hybridized carbons (Fsp3) is 0.500. The molecule has 4 rings (SSSR count). The van der Waals surface area contributed by atoms with Crippen molar-refractivity contribution in [3.05, 3.63) is 30.7 Å². The van der Waals surface area contributed by atoms with Gasteiger partial charge in [0.15, 0.2) is 0 Å². The van der Waals surface area contributed by atoms with Gasteiger partial charge >= 0.3 is 0 Å². The van der Waals surface area contributed by atoms with Gasteiger partial charge in [-0.3, -0.25) is 4.79 Å². The quantitative estimate of drug-likeness (QED) is 0.799. The number of aromatic amines is 1. The molecule has 0 bridgehead atoms.